The number of carbonyl (C=O) groups is 2. The average molecular weight is 181 g/mol. The van der Waals surface area contributed by atoms with Crippen LogP contribution in [0.1, 0.15) is 33.1 Å². The van der Waals surface area contributed by atoms with E-state index in [9.17, 15) is 9.59 Å². The van der Waals surface area contributed by atoms with Gasteiger partial charge in [-0.1, -0.05) is 20.3 Å². The second-order valence-electron chi connectivity index (χ2n) is 3.23. The molecule has 3 nitrogen and oxygen atoms in total. The summed E-state index contributed by atoms with van der Waals surface area (Å²) in [5.74, 6) is -0.324. The number of hydrogen-bond acceptors (Lipinski definition) is 2. The molecular weight excluding hydrogens is 166 g/mol. The lowest BCUT2D eigenvalue weighted by molar-refractivity contribution is -0.139. The maximum atomic E-state index is 11.3. The Hall–Kier alpha value is -1.12. The highest BCUT2D eigenvalue weighted by molar-refractivity contribution is 6.13. The van der Waals surface area contributed by atoms with Gasteiger partial charge in [-0.15, -0.1) is 0 Å². The fourth-order valence-electron chi connectivity index (χ4n) is 1.62. The minimum Gasteiger partial charge on any atom is -0.272 e. The molecule has 0 aromatic rings. The van der Waals surface area contributed by atoms with E-state index in [0.29, 0.717) is 0 Å². The van der Waals surface area contributed by atoms with Gasteiger partial charge in [-0.2, -0.15) is 0 Å². The molecule has 0 aromatic heterocycles. The minimum atomic E-state index is -0.162. The number of nitrogens with zero attached hydrogens (tertiary/aromatic N) is 1. The van der Waals surface area contributed by atoms with E-state index in [4.69, 9.17) is 0 Å². The molecule has 72 valence electrons. The first kappa shape index (κ1) is 9.96. The zero-order valence-electron chi connectivity index (χ0n) is 8.12. The van der Waals surface area contributed by atoms with Crippen LogP contribution in [0.5, 0.6) is 0 Å². The van der Waals surface area contributed by atoms with Crippen LogP contribution < -0.4 is 0 Å². The number of imide groups is 1. The van der Waals surface area contributed by atoms with Crippen molar-refractivity contribution in [3.8, 4) is 0 Å². The topological polar surface area (TPSA) is 37.4 Å². The number of carbonyl (C=O) groups excluding carboxylic acids is 2. The van der Waals surface area contributed by atoms with Gasteiger partial charge in [0.25, 0.3) is 11.8 Å². The monoisotopic (exact) mass is 181 g/mol. The number of hydrogen-bond donors (Lipinski definition) is 0. The first-order valence-corrected chi connectivity index (χ1v) is 4.76. The van der Waals surface area contributed by atoms with Crippen LogP contribution in [0.4, 0.5) is 0 Å². The second-order valence-corrected chi connectivity index (χ2v) is 3.23. The number of rotatable bonds is 4. The fraction of sp³-hybridized carbons (Fsp3) is 0.600. The van der Waals surface area contributed by atoms with E-state index < -0.39 is 0 Å². The summed E-state index contributed by atoms with van der Waals surface area (Å²) in [5, 5.41) is 0. The molecule has 1 atom stereocenters. The summed E-state index contributed by atoms with van der Waals surface area (Å²) in [5.41, 5.74) is 0. The lowest BCUT2D eigenvalue weighted by Crippen LogP contribution is -2.39. The Morgan fingerprint density at radius 3 is 2.15 bits per heavy atom. The van der Waals surface area contributed by atoms with Crippen LogP contribution in [0.25, 0.3) is 0 Å². The van der Waals surface area contributed by atoms with Crippen molar-refractivity contribution in [1.29, 1.82) is 0 Å². The van der Waals surface area contributed by atoms with Gasteiger partial charge in [0.2, 0.25) is 0 Å². The van der Waals surface area contributed by atoms with Crippen molar-refractivity contribution in [1.82, 2.24) is 4.90 Å². The Labute approximate surface area is 78.4 Å². The molecule has 1 aliphatic heterocycles. The maximum absolute atomic E-state index is 11.3. The van der Waals surface area contributed by atoms with Crippen LogP contribution in [0.2, 0.25) is 0 Å². The van der Waals surface area contributed by atoms with E-state index in [0.717, 1.165) is 19.3 Å². The standard InChI is InChI=1S/C10H15NO2/c1-3-5-8(4-2)11-9(12)6-7-10(11)13/h6-8H,3-5H2,1-2H3. The second kappa shape index (κ2) is 4.21. The summed E-state index contributed by atoms with van der Waals surface area (Å²) >= 11 is 0. The molecule has 13 heavy (non-hydrogen) atoms. The molecule has 0 bridgehead atoms. The molecule has 0 radical (unpaired) electrons. The van der Waals surface area contributed by atoms with Crippen LogP contribution in [0.15, 0.2) is 12.2 Å². The minimum absolute atomic E-state index is 0.0833. The van der Waals surface area contributed by atoms with E-state index in [1.807, 2.05) is 6.92 Å². The van der Waals surface area contributed by atoms with Crippen LogP contribution in [-0.2, 0) is 9.59 Å². The summed E-state index contributed by atoms with van der Waals surface area (Å²) in [6.45, 7) is 4.06. The van der Waals surface area contributed by atoms with Crippen molar-refractivity contribution < 1.29 is 9.59 Å². The van der Waals surface area contributed by atoms with E-state index >= 15 is 0 Å². The smallest absolute Gasteiger partial charge is 0.253 e. The van der Waals surface area contributed by atoms with Crippen LogP contribution >= 0.6 is 0 Å². The van der Waals surface area contributed by atoms with Gasteiger partial charge in [0.15, 0.2) is 0 Å². The van der Waals surface area contributed by atoms with Crippen molar-refractivity contribution in [3.63, 3.8) is 0 Å². The molecule has 0 saturated heterocycles. The Morgan fingerprint density at radius 1 is 1.23 bits per heavy atom. The lowest BCUT2D eigenvalue weighted by atomic mass is 10.1. The highest BCUT2D eigenvalue weighted by atomic mass is 16.2. The molecule has 0 spiro atoms. The van der Waals surface area contributed by atoms with E-state index in [1.54, 1.807) is 0 Å². The van der Waals surface area contributed by atoms with Crippen molar-refractivity contribution in [3.05, 3.63) is 12.2 Å². The summed E-state index contributed by atoms with van der Waals surface area (Å²) in [7, 11) is 0. The van der Waals surface area contributed by atoms with Gasteiger partial charge in [-0.25, -0.2) is 0 Å². The summed E-state index contributed by atoms with van der Waals surface area (Å²) in [6.07, 6.45) is 5.43. The quantitative estimate of drug-likeness (QED) is 0.616. The van der Waals surface area contributed by atoms with E-state index in [1.165, 1.54) is 17.1 Å². The third-order valence-electron chi connectivity index (χ3n) is 2.30. The van der Waals surface area contributed by atoms with Gasteiger partial charge >= 0.3 is 0 Å². The van der Waals surface area contributed by atoms with Crippen molar-refractivity contribution in [2.75, 3.05) is 0 Å². The molecular formula is C10H15NO2. The Kier molecular flexibility index (Phi) is 3.23. The van der Waals surface area contributed by atoms with Gasteiger partial charge in [-0.05, 0) is 12.8 Å². The molecule has 0 aliphatic carbocycles. The van der Waals surface area contributed by atoms with Gasteiger partial charge in [0.05, 0.1) is 0 Å². The molecule has 2 amide bonds. The Bertz CT molecular complexity index is 227. The van der Waals surface area contributed by atoms with Gasteiger partial charge < -0.3 is 0 Å². The highest BCUT2D eigenvalue weighted by Gasteiger charge is 2.29. The summed E-state index contributed by atoms with van der Waals surface area (Å²) in [6, 6.07) is 0.0833. The zero-order valence-corrected chi connectivity index (χ0v) is 8.12. The normalized spacial score (nSPS) is 18.5. The molecule has 0 fully saturated rings. The first-order chi connectivity index (χ1) is 6.20. The predicted molar refractivity (Wildman–Crippen MR) is 50.0 cm³/mol. The number of amides is 2. The molecule has 3 heteroatoms. The van der Waals surface area contributed by atoms with Crippen LogP contribution in [0, 0.1) is 0 Å². The third kappa shape index (κ3) is 1.97. The van der Waals surface area contributed by atoms with Gasteiger partial charge in [0.1, 0.15) is 0 Å². The third-order valence-corrected chi connectivity index (χ3v) is 2.30. The maximum Gasteiger partial charge on any atom is 0.253 e. The largest absolute Gasteiger partial charge is 0.272 e. The van der Waals surface area contributed by atoms with Crippen LogP contribution in [-0.4, -0.2) is 22.8 Å². The average Bonchev–Trinajstić information content (AvgIpc) is 2.43. The molecule has 0 aromatic carbocycles. The summed E-state index contributed by atoms with van der Waals surface area (Å²) < 4.78 is 0. The van der Waals surface area contributed by atoms with Crippen LogP contribution in [0.3, 0.4) is 0 Å². The Balaban J connectivity index is 2.68. The van der Waals surface area contributed by atoms with Gasteiger partial charge in [-0.3, -0.25) is 14.5 Å². The van der Waals surface area contributed by atoms with Crippen molar-refractivity contribution in [2.45, 2.75) is 39.2 Å². The molecule has 1 unspecified atom stereocenters. The Morgan fingerprint density at radius 2 is 1.77 bits per heavy atom. The SMILES string of the molecule is CCCC(CC)N1C(=O)C=CC1=O. The van der Waals surface area contributed by atoms with Crippen molar-refractivity contribution >= 4 is 11.8 Å². The van der Waals surface area contributed by atoms with Crippen molar-refractivity contribution in [2.24, 2.45) is 0 Å². The molecule has 1 aliphatic rings. The molecule has 0 saturated carbocycles. The predicted octanol–water partition coefficient (Wildman–Crippen LogP) is 1.49. The lowest BCUT2D eigenvalue weighted by Gasteiger charge is -2.24. The fourth-order valence-corrected chi connectivity index (χ4v) is 1.62. The zero-order chi connectivity index (χ0) is 9.84. The van der Waals surface area contributed by atoms with E-state index in [-0.39, 0.29) is 17.9 Å². The van der Waals surface area contributed by atoms with Gasteiger partial charge in [0, 0.05) is 18.2 Å². The summed E-state index contributed by atoms with van der Waals surface area (Å²) in [4.78, 5) is 23.9. The molecule has 0 N–H and O–H groups in total. The highest BCUT2D eigenvalue weighted by Crippen LogP contribution is 2.15. The molecule has 1 rings (SSSR count). The molecule has 1 heterocycles. The van der Waals surface area contributed by atoms with E-state index in [2.05, 4.69) is 6.92 Å². The first-order valence-electron chi connectivity index (χ1n) is 4.76.